The first-order valence-corrected chi connectivity index (χ1v) is 8.04. The third kappa shape index (κ3) is 4.06. The average molecular weight is 315 g/mol. The standard InChI is InChI=1S/C18H22FN3O/c19-16-3-1-2-4-17(16)22-13-11-21(12-14-22)10-7-18(23)15-5-8-20-9-6-15/h1-6,8-9,18,23H,7,10-14H2. The van der Waals surface area contributed by atoms with Crippen LogP contribution in [0.3, 0.4) is 0 Å². The summed E-state index contributed by atoms with van der Waals surface area (Å²) in [5, 5.41) is 10.2. The Balaban J connectivity index is 1.47. The zero-order valence-electron chi connectivity index (χ0n) is 13.1. The molecule has 0 radical (unpaired) electrons. The van der Waals surface area contributed by atoms with E-state index in [2.05, 4.69) is 14.8 Å². The molecule has 1 N–H and O–H groups in total. The predicted octanol–water partition coefficient (Wildman–Crippen LogP) is 2.47. The van der Waals surface area contributed by atoms with Gasteiger partial charge >= 0.3 is 0 Å². The summed E-state index contributed by atoms with van der Waals surface area (Å²) in [4.78, 5) is 8.37. The summed E-state index contributed by atoms with van der Waals surface area (Å²) >= 11 is 0. The summed E-state index contributed by atoms with van der Waals surface area (Å²) < 4.78 is 13.8. The smallest absolute Gasteiger partial charge is 0.146 e. The predicted molar refractivity (Wildman–Crippen MR) is 88.9 cm³/mol. The van der Waals surface area contributed by atoms with E-state index in [9.17, 15) is 9.50 Å². The molecule has 1 aliphatic heterocycles. The Labute approximate surface area is 136 Å². The Morgan fingerprint density at radius 2 is 1.74 bits per heavy atom. The molecular formula is C18H22FN3O. The minimum absolute atomic E-state index is 0.158. The van der Waals surface area contributed by atoms with Crippen LogP contribution in [0.25, 0.3) is 0 Å². The highest BCUT2D eigenvalue weighted by atomic mass is 19.1. The second-order valence-electron chi connectivity index (χ2n) is 5.87. The number of pyridine rings is 1. The van der Waals surface area contributed by atoms with E-state index in [0.717, 1.165) is 38.3 Å². The monoisotopic (exact) mass is 315 g/mol. The molecule has 1 aliphatic rings. The third-order valence-electron chi connectivity index (χ3n) is 4.38. The molecule has 0 bridgehead atoms. The summed E-state index contributed by atoms with van der Waals surface area (Å²) in [6.07, 6.45) is 3.64. The van der Waals surface area contributed by atoms with Crippen LogP contribution in [0, 0.1) is 5.82 Å². The van der Waals surface area contributed by atoms with E-state index < -0.39 is 6.10 Å². The molecule has 0 saturated carbocycles. The average Bonchev–Trinajstić information content (AvgIpc) is 2.61. The summed E-state index contributed by atoms with van der Waals surface area (Å²) in [7, 11) is 0. The topological polar surface area (TPSA) is 39.6 Å². The van der Waals surface area contributed by atoms with Gasteiger partial charge in [0.05, 0.1) is 11.8 Å². The van der Waals surface area contributed by atoms with E-state index in [-0.39, 0.29) is 5.82 Å². The van der Waals surface area contributed by atoms with Crippen molar-refractivity contribution >= 4 is 5.69 Å². The van der Waals surface area contributed by atoms with E-state index in [1.807, 2.05) is 24.3 Å². The summed E-state index contributed by atoms with van der Waals surface area (Å²) in [5.41, 5.74) is 1.59. The maximum absolute atomic E-state index is 13.8. The van der Waals surface area contributed by atoms with Crippen molar-refractivity contribution in [2.45, 2.75) is 12.5 Å². The number of rotatable bonds is 5. The molecule has 4 nitrogen and oxygen atoms in total. The van der Waals surface area contributed by atoms with E-state index in [0.29, 0.717) is 12.1 Å². The zero-order valence-corrected chi connectivity index (χ0v) is 13.1. The molecule has 0 amide bonds. The molecule has 122 valence electrons. The van der Waals surface area contributed by atoms with Gasteiger partial charge in [-0.3, -0.25) is 9.88 Å². The molecule has 0 aliphatic carbocycles. The number of piperazine rings is 1. The molecule has 23 heavy (non-hydrogen) atoms. The van der Waals surface area contributed by atoms with Crippen molar-refractivity contribution in [3.63, 3.8) is 0 Å². The molecule has 1 fully saturated rings. The van der Waals surface area contributed by atoms with Gasteiger partial charge in [0, 0.05) is 45.1 Å². The number of aliphatic hydroxyl groups is 1. The van der Waals surface area contributed by atoms with Gasteiger partial charge in [-0.1, -0.05) is 12.1 Å². The number of nitrogens with zero attached hydrogens (tertiary/aromatic N) is 3. The Morgan fingerprint density at radius 1 is 1.04 bits per heavy atom. The number of hydrogen-bond acceptors (Lipinski definition) is 4. The number of aromatic nitrogens is 1. The van der Waals surface area contributed by atoms with Crippen molar-refractivity contribution in [1.82, 2.24) is 9.88 Å². The quantitative estimate of drug-likeness (QED) is 0.920. The fourth-order valence-electron chi connectivity index (χ4n) is 2.98. The molecular weight excluding hydrogens is 293 g/mol. The molecule has 1 aromatic carbocycles. The maximum Gasteiger partial charge on any atom is 0.146 e. The zero-order chi connectivity index (χ0) is 16.1. The van der Waals surface area contributed by atoms with Crippen LogP contribution in [0.1, 0.15) is 18.1 Å². The van der Waals surface area contributed by atoms with Crippen LogP contribution in [0.5, 0.6) is 0 Å². The van der Waals surface area contributed by atoms with Crippen molar-refractivity contribution in [3.05, 3.63) is 60.2 Å². The SMILES string of the molecule is OC(CCN1CCN(c2ccccc2F)CC1)c1ccncc1. The van der Waals surface area contributed by atoms with Crippen LogP contribution in [0.4, 0.5) is 10.1 Å². The van der Waals surface area contributed by atoms with Crippen LogP contribution < -0.4 is 4.90 Å². The van der Waals surface area contributed by atoms with Gasteiger partial charge in [0.2, 0.25) is 0 Å². The van der Waals surface area contributed by atoms with Crippen LogP contribution in [0.15, 0.2) is 48.8 Å². The van der Waals surface area contributed by atoms with Crippen LogP contribution in [-0.2, 0) is 0 Å². The van der Waals surface area contributed by atoms with Crippen molar-refractivity contribution in [2.24, 2.45) is 0 Å². The maximum atomic E-state index is 13.8. The molecule has 2 aromatic rings. The molecule has 0 spiro atoms. The van der Waals surface area contributed by atoms with Crippen molar-refractivity contribution < 1.29 is 9.50 Å². The van der Waals surface area contributed by atoms with Crippen LogP contribution >= 0.6 is 0 Å². The number of aliphatic hydroxyl groups excluding tert-OH is 1. The van der Waals surface area contributed by atoms with Crippen molar-refractivity contribution in [2.75, 3.05) is 37.6 Å². The van der Waals surface area contributed by atoms with E-state index in [4.69, 9.17) is 0 Å². The minimum Gasteiger partial charge on any atom is -0.388 e. The summed E-state index contributed by atoms with van der Waals surface area (Å²) in [6.45, 7) is 4.24. The highest BCUT2D eigenvalue weighted by molar-refractivity contribution is 5.47. The largest absolute Gasteiger partial charge is 0.388 e. The number of halogens is 1. The first-order chi connectivity index (χ1) is 11.2. The van der Waals surface area contributed by atoms with Gasteiger partial charge in [0.25, 0.3) is 0 Å². The molecule has 1 saturated heterocycles. The van der Waals surface area contributed by atoms with E-state index >= 15 is 0 Å². The van der Waals surface area contributed by atoms with Crippen molar-refractivity contribution in [1.29, 1.82) is 0 Å². The first kappa shape index (κ1) is 15.9. The molecule has 5 heteroatoms. The van der Waals surface area contributed by atoms with Gasteiger partial charge in [-0.25, -0.2) is 4.39 Å². The van der Waals surface area contributed by atoms with E-state index in [1.165, 1.54) is 6.07 Å². The highest BCUT2D eigenvalue weighted by Crippen LogP contribution is 2.21. The molecule has 3 rings (SSSR count). The lowest BCUT2D eigenvalue weighted by molar-refractivity contribution is 0.139. The van der Waals surface area contributed by atoms with Gasteiger partial charge in [0.15, 0.2) is 0 Å². The first-order valence-electron chi connectivity index (χ1n) is 8.04. The second-order valence-corrected chi connectivity index (χ2v) is 5.87. The minimum atomic E-state index is -0.456. The number of anilines is 1. The Kier molecular flexibility index (Phi) is 5.20. The van der Waals surface area contributed by atoms with Crippen LogP contribution in [0.2, 0.25) is 0 Å². The normalized spacial score (nSPS) is 17.2. The van der Waals surface area contributed by atoms with Gasteiger partial charge in [-0.05, 0) is 36.2 Å². The van der Waals surface area contributed by atoms with Gasteiger partial charge in [-0.15, -0.1) is 0 Å². The fourth-order valence-corrected chi connectivity index (χ4v) is 2.98. The molecule has 2 heterocycles. The molecule has 1 aromatic heterocycles. The third-order valence-corrected chi connectivity index (χ3v) is 4.38. The Bertz CT molecular complexity index is 615. The Hall–Kier alpha value is -1.98. The lowest BCUT2D eigenvalue weighted by Crippen LogP contribution is -2.47. The van der Waals surface area contributed by atoms with Gasteiger partial charge in [-0.2, -0.15) is 0 Å². The van der Waals surface area contributed by atoms with Gasteiger partial charge in [0.1, 0.15) is 5.82 Å². The fraction of sp³-hybridized carbons (Fsp3) is 0.389. The highest BCUT2D eigenvalue weighted by Gasteiger charge is 2.19. The number of benzene rings is 1. The molecule has 1 unspecified atom stereocenters. The van der Waals surface area contributed by atoms with Gasteiger partial charge < -0.3 is 10.0 Å². The van der Waals surface area contributed by atoms with E-state index in [1.54, 1.807) is 18.5 Å². The molecule has 1 atom stereocenters. The summed E-state index contributed by atoms with van der Waals surface area (Å²) in [5.74, 6) is -0.158. The number of para-hydroxylation sites is 1. The van der Waals surface area contributed by atoms with Crippen LogP contribution in [-0.4, -0.2) is 47.7 Å². The lowest BCUT2D eigenvalue weighted by Gasteiger charge is -2.36. The lowest BCUT2D eigenvalue weighted by atomic mass is 10.1. The van der Waals surface area contributed by atoms with Crippen molar-refractivity contribution in [3.8, 4) is 0 Å². The Morgan fingerprint density at radius 3 is 2.43 bits per heavy atom. The second kappa shape index (κ2) is 7.53. The summed E-state index contributed by atoms with van der Waals surface area (Å²) in [6, 6.07) is 10.6. The number of hydrogen-bond donors (Lipinski definition) is 1.